The Balaban J connectivity index is 1.72. The van der Waals surface area contributed by atoms with Crippen LogP contribution in [0.4, 0.5) is 10.1 Å². The minimum Gasteiger partial charge on any atom is -0.370 e. The smallest absolute Gasteiger partial charge is 0.254 e. The van der Waals surface area contributed by atoms with Crippen molar-refractivity contribution in [1.29, 1.82) is 0 Å². The van der Waals surface area contributed by atoms with Crippen molar-refractivity contribution in [3.63, 3.8) is 0 Å². The molecule has 0 aromatic heterocycles. The topological polar surface area (TPSA) is 49.9 Å². The third kappa shape index (κ3) is 4.24. The quantitative estimate of drug-likeness (QED) is 0.730. The Morgan fingerprint density at radius 2 is 2.00 bits per heavy atom. The van der Waals surface area contributed by atoms with Gasteiger partial charge in [0.2, 0.25) is 5.91 Å². The van der Waals surface area contributed by atoms with Gasteiger partial charge in [-0.2, -0.15) is 0 Å². The van der Waals surface area contributed by atoms with E-state index >= 15 is 0 Å². The number of nitrogens with zero attached hydrogens (tertiary/aromatic N) is 2. The monoisotopic (exact) mass is 402 g/mol. The average Bonchev–Trinajstić information content (AvgIpc) is 2.74. The van der Waals surface area contributed by atoms with E-state index in [9.17, 15) is 14.0 Å². The summed E-state index contributed by atoms with van der Waals surface area (Å²) in [4.78, 5) is 27.7. The maximum Gasteiger partial charge on any atom is 0.254 e. The molecule has 7 heteroatoms. The van der Waals surface area contributed by atoms with Crippen LogP contribution < -0.4 is 4.90 Å². The highest BCUT2D eigenvalue weighted by Gasteiger charge is 2.26. The number of likely N-dealkylation sites (N-methyl/N-ethyl adjacent to an activating group) is 1. The first-order valence-corrected chi connectivity index (χ1v) is 9.14. The summed E-state index contributed by atoms with van der Waals surface area (Å²) in [5.74, 6) is -0.854. The van der Waals surface area contributed by atoms with E-state index in [0.29, 0.717) is 30.9 Å². The molecule has 5 nitrogen and oxygen atoms in total. The van der Waals surface area contributed by atoms with E-state index in [1.807, 2.05) is 0 Å². The van der Waals surface area contributed by atoms with Gasteiger partial charge >= 0.3 is 0 Å². The van der Waals surface area contributed by atoms with Gasteiger partial charge in [0.15, 0.2) is 0 Å². The van der Waals surface area contributed by atoms with Gasteiger partial charge in [0.25, 0.3) is 5.91 Å². The van der Waals surface area contributed by atoms with Crippen LogP contribution in [0, 0.1) is 5.82 Å². The van der Waals surface area contributed by atoms with Crippen molar-refractivity contribution in [3.05, 3.63) is 77.1 Å². The van der Waals surface area contributed by atoms with Crippen molar-refractivity contribution in [2.75, 3.05) is 31.6 Å². The molecule has 0 bridgehead atoms. The van der Waals surface area contributed by atoms with Crippen LogP contribution in [-0.4, -0.2) is 43.5 Å². The summed E-state index contributed by atoms with van der Waals surface area (Å²) in [6.07, 6.45) is 0.862. The first-order chi connectivity index (χ1) is 13.4. The molecule has 2 amide bonds. The van der Waals surface area contributed by atoms with E-state index < -0.39 is 5.82 Å². The van der Waals surface area contributed by atoms with Crippen molar-refractivity contribution in [2.45, 2.75) is 6.10 Å². The van der Waals surface area contributed by atoms with E-state index in [2.05, 4.69) is 6.58 Å². The SMILES string of the molecule is C=CC(=O)N(C)c1ccc(C(=O)N2CCOC(c3ccc(F)c(Cl)c3)C2)cc1. The summed E-state index contributed by atoms with van der Waals surface area (Å²) in [6.45, 7) is 4.64. The number of morpholine rings is 1. The molecular weight excluding hydrogens is 383 g/mol. The highest BCUT2D eigenvalue weighted by molar-refractivity contribution is 6.30. The lowest BCUT2D eigenvalue weighted by Crippen LogP contribution is -2.42. The molecule has 1 heterocycles. The number of halogens is 2. The van der Waals surface area contributed by atoms with E-state index in [0.717, 1.165) is 5.56 Å². The Bertz CT molecular complexity index is 901. The van der Waals surface area contributed by atoms with E-state index in [1.54, 1.807) is 42.3 Å². The zero-order valence-electron chi connectivity index (χ0n) is 15.4. The minimum absolute atomic E-state index is 0.0262. The summed E-state index contributed by atoms with van der Waals surface area (Å²) in [7, 11) is 1.64. The predicted molar refractivity (Wildman–Crippen MR) is 106 cm³/mol. The molecule has 1 saturated heterocycles. The zero-order chi connectivity index (χ0) is 20.3. The molecule has 146 valence electrons. The standard InChI is InChI=1S/C21H20ClFN2O3/c1-3-20(26)24(2)16-7-4-14(5-8-16)21(27)25-10-11-28-19(13-25)15-6-9-18(23)17(22)12-15/h3-9,12,19H,1,10-11,13H2,2H3. The lowest BCUT2D eigenvalue weighted by Gasteiger charge is -2.33. The van der Waals surface area contributed by atoms with Crippen molar-refractivity contribution in [1.82, 2.24) is 4.90 Å². The van der Waals surface area contributed by atoms with Gasteiger partial charge in [-0.1, -0.05) is 24.2 Å². The molecule has 1 aliphatic rings. The van der Waals surface area contributed by atoms with Crippen molar-refractivity contribution in [3.8, 4) is 0 Å². The Morgan fingerprint density at radius 1 is 1.29 bits per heavy atom. The number of benzene rings is 2. The normalized spacial score (nSPS) is 16.5. The van der Waals surface area contributed by atoms with E-state index in [1.165, 1.54) is 23.1 Å². The summed E-state index contributed by atoms with van der Waals surface area (Å²) < 4.78 is 19.1. The molecule has 1 aliphatic heterocycles. The van der Waals surface area contributed by atoms with Gasteiger partial charge in [0.05, 0.1) is 18.2 Å². The van der Waals surface area contributed by atoms with Gasteiger partial charge in [-0.3, -0.25) is 9.59 Å². The number of amides is 2. The van der Waals surface area contributed by atoms with Crippen LogP contribution in [0.2, 0.25) is 5.02 Å². The largest absolute Gasteiger partial charge is 0.370 e. The highest BCUT2D eigenvalue weighted by Crippen LogP contribution is 2.27. The van der Waals surface area contributed by atoms with Crippen molar-refractivity contribution >= 4 is 29.1 Å². The van der Waals surface area contributed by atoms with Crippen molar-refractivity contribution in [2.24, 2.45) is 0 Å². The molecule has 0 radical (unpaired) electrons. The fourth-order valence-electron chi connectivity index (χ4n) is 3.02. The molecule has 1 atom stereocenters. The fraction of sp³-hybridized carbons (Fsp3) is 0.238. The van der Waals surface area contributed by atoms with Gasteiger partial charge < -0.3 is 14.5 Å². The molecule has 2 aromatic rings. The van der Waals surface area contributed by atoms with E-state index in [4.69, 9.17) is 16.3 Å². The summed E-state index contributed by atoms with van der Waals surface area (Å²) >= 11 is 5.86. The molecule has 0 spiro atoms. The molecule has 0 saturated carbocycles. The predicted octanol–water partition coefficient (Wildman–Crippen LogP) is 3.84. The maximum absolute atomic E-state index is 13.4. The molecule has 2 aromatic carbocycles. The lowest BCUT2D eigenvalue weighted by atomic mass is 10.1. The van der Waals surface area contributed by atoms with Gasteiger partial charge in [-0.05, 0) is 48.0 Å². The molecular formula is C21H20ClFN2O3. The molecule has 1 unspecified atom stereocenters. The summed E-state index contributed by atoms with van der Waals surface area (Å²) in [6, 6.07) is 11.2. The van der Waals surface area contributed by atoms with Crippen molar-refractivity contribution < 1.29 is 18.7 Å². The molecule has 28 heavy (non-hydrogen) atoms. The van der Waals surface area contributed by atoms with Crippen LogP contribution in [0.3, 0.4) is 0 Å². The Labute approximate surface area is 168 Å². The first kappa shape index (κ1) is 20.0. The summed E-state index contributed by atoms with van der Waals surface area (Å²) in [5.41, 5.74) is 1.91. The highest BCUT2D eigenvalue weighted by atomic mass is 35.5. The van der Waals surface area contributed by atoms with Crippen LogP contribution >= 0.6 is 11.6 Å². The van der Waals surface area contributed by atoms with Crippen LogP contribution in [0.5, 0.6) is 0 Å². The Morgan fingerprint density at radius 3 is 2.64 bits per heavy atom. The summed E-state index contributed by atoms with van der Waals surface area (Å²) in [5, 5.41) is 0.0262. The minimum atomic E-state index is -0.492. The van der Waals surface area contributed by atoms with Gasteiger partial charge in [-0.25, -0.2) is 4.39 Å². The first-order valence-electron chi connectivity index (χ1n) is 8.76. The average molecular weight is 403 g/mol. The van der Waals surface area contributed by atoms with Crippen LogP contribution in [0.1, 0.15) is 22.0 Å². The number of carbonyl (C=O) groups excluding carboxylic acids is 2. The number of hydrogen-bond donors (Lipinski definition) is 0. The number of carbonyl (C=O) groups is 2. The maximum atomic E-state index is 13.4. The van der Waals surface area contributed by atoms with Crippen LogP contribution in [0.15, 0.2) is 55.1 Å². The Kier molecular flexibility index (Phi) is 6.11. The van der Waals surface area contributed by atoms with Gasteiger partial charge in [0, 0.05) is 24.8 Å². The number of rotatable bonds is 4. The number of anilines is 1. The second-order valence-electron chi connectivity index (χ2n) is 6.43. The molecule has 1 fully saturated rings. The second-order valence-corrected chi connectivity index (χ2v) is 6.84. The fourth-order valence-corrected chi connectivity index (χ4v) is 3.21. The van der Waals surface area contributed by atoms with E-state index in [-0.39, 0.29) is 22.9 Å². The van der Waals surface area contributed by atoms with Gasteiger partial charge in [0.1, 0.15) is 11.9 Å². The Hall–Kier alpha value is -2.70. The third-order valence-corrected chi connectivity index (χ3v) is 4.97. The zero-order valence-corrected chi connectivity index (χ0v) is 16.2. The molecule has 0 N–H and O–H groups in total. The molecule has 3 rings (SSSR count). The van der Waals surface area contributed by atoms with Crippen LogP contribution in [-0.2, 0) is 9.53 Å². The molecule has 0 aliphatic carbocycles. The number of ether oxygens (including phenoxy) is 1. The third-order valence-electron chi connectivity index (χ3n) is 4.68. The van der Waals surface area contributed by atoms with Gasteiger partial charge in [-0.15, -0.1) is 0 Å². The van der Waals surface area contributed by atoms with Crippen LogP contribution in [0.25, 0.3) is 0 Å². The number of hydrogen-bond acceptors (Lipinski definition) is 3. The lowest BCUT2D eigenvalue weighted by molar-refractivity contribution is -0.113. The second kappa shape index (κ2) is 8.54.